The van der Waals surface area contributed by atoms with E-state index < -0.39 is 0 Å². The standard InChI is InChI=1S/C18H34N2O2/c1-3-22-18(21)10-7-12-19-11-6-9-17(14-19)15-20-13-5-4-8-16(20)2/h16-17H,3-15H2,1-2H3. The highest BCUT2D eigenvalue weighted by Gasteiger charge is 2.25. The molecule has 2 aliphatic heterocycles. The number of likely N-dealkylation sites (tertiary alicyclic amines) is 2. The molecule has 22 heavy (non-hydrogen) atoms. The van der Waals surface area contributed by atoms with Crippen LogP contribution in [0.4, 0.5) is 0 Å². The van der Waals surface area contributed by atoms with Gasteiger partial charge in [0.15, 0.2) is 0 Å². The van der Waals surface area contributed by atoms with E-state index in [2.05, 4.69) is 16.7 Å². The summed E-state index contributed by atoms with van der Waals surface area (Å²) in [6.07, 6.45) is 8.34. The molecule has 0 bridgehead atoms. The van der Waals surface area contributed by atoms with E-state index in [0.717, 1.165) is 24.9 Å². The first-order valence-corrected chi connectivity index (χ1v) is 9.31. The zero-order valence-corrected chi connectivity index (χ0v) is 14.6. The number of ether oxygens (including phenoxy) is 1. The fourth-order valence-electron chi connectivity index (χ4n) is 3.94. The van der Waals surface area contributed by atoms with Crippen molar-refractivity contribution in [3.05, 3.63) is 0 Å². The van der Waals surface area contributed by atoms with Gasteiger partial charge in [-0.2, -0.15) is 0 Å². The van der Waals surface area contributed by atoms with Crippen LogP contribution in [0.2, 0.25) is 0 Å². The highest BCUT2D eigenvalue weighted by atomic mass is 16.5. The highest BCUT2D eigenvalue weighted by molar-refractivity contribution is 5.69. The van der Waals surface area contributed by atoms with Crippen LogP contribution in [0.3, 0.4) is 0 Å². The molecule has 128 valence electrons. The lowest BCUT2D eigenvalue weighted by atomic mass is 9.94. The Kier molecular flexibility index (Phi) is 7.67. The van der Waals surface area contributed by atoms with Crippen molar-refractivity contribution < 1.29 is 9.53 Å². The largest absolute Gasteiger partial charge is 0.466 e. The van der Waals surface area contributed by atoms with E-state index in [1.807, 2.05) is 6.92 Å². The third kappa shape index (κ3) is 5.88. The maximum atomic E-state index is 11.4. The number of hydrogen-bond donors (Lipinski definition) is 0. The molecule has 0 aromatic carbocycles. The van der Waals surface area contributed by atoms with Gasteiger partial charge in [0.2, 0.25) is 0 Å². The molecule has 4 nitrogen and oxygen atoms in total. The highest BCUT2D eigenvalue weighted by Crippen LogP contribution is 2.22. The third-order valence-electron chi connectivity index (χ3n) is 5.20. The fourth-order valence-corrected chi connectivity index (χ4v) is 3.94. The quantitative estimate of drug-likeness (QED) is 0.677. The van der Waals surface area contributed by atoms with Crippen LogP contribution in [-0.4, -0.2) is 61.1 Å². The van der Waals surface area contributed by atoms with Gasteiger partial charge in [-0.25, -0.2) is 0 Å². The molecule has 0 radical (unpaired) electrons. The Labute approximate surface area is 136 Å². The Hall–Kier alpha value is -0.610. The summed E-state index contributed by atoms with van der Waals surface area (Å²) < 4.78 is 5.00. The second-order valence-electron chi connectivity index (χ2n) is 7.06. The van der Waals surface area contributed by atoms with Crippen molar-refractivity contribution in [1.82, 2.24) is 9.80 Å². The number of nitrogens with zero attached hydrogens (tertiary/aromatic N) is 2. The van der Waals surface area contributed by atoms with Crippen molar-refractivity contribution >= 4 is 5.97 Å². The Morgan fingerprint density at radius 3 is 2.82 bits per heavy atom. The summed E-state index contributed by atoms with van der Waals surface area (Å²) in [5.74, 6) is 0.773. The summed E-state index contributed by atoms with van der Waals surface area (Å²) in [6, 6.07) is 0.771. The molecule has 2 aliphatic rings. The van der Waals surface area contributed by atoms with Crippen LogP contribution in [-0.2, 0) is 9.53 Å². The maximum Gasteiger partial charge on any atom is 0.305 e. The first-order chi connectivity index (χ1) is 10.7. The zero-order valence-electron chi connectivity index (χ0n) is 14.6. The predicted molar refractivity (Wildman–Crippen MR) is 89.9 cm³/mol. The summed E-state index contributed by atoms with van der Waals surface area (Å²) in [4.78, 5) is 16.7. The minimum absolute atomic E-state index is 0.0433. The Bertz CT molecular complexity index is 335. The lowest BCUT2D eigenvalue weighted by Gasteiger charge is -2.39. The number of carbonyl (C=O) groups is 1. The smallest absolute Gasteiger partial charge is 0.305 e. The number of esters is 1. The van der Waals surface area contributed by atoms with Gasteiger partial charge in [-0.1, -0.05) is 6.42 Å². The molecule has 2 rings (SSSR count). The minimum atomic E-state index is -0.0433. The number of rotatable bonds is 7. The van der Waals surface area contributed by atoms with Crippen molar-refractivity contribution in [2.24, 2.45) is 5.92 Å². The normalized spacial score (nSPS) is 27.7. The van der Waals surface area contributed by atoms with Crippen molar-refractivity contribution in [2.75, 3.05) is 39.3 Å². The Morgan fingerprint density at radius 2 is 2.05 bits per heavy atom. The second kappa shape index (κ2) is 9.51. The SMILES string of the molecule is CCOC(=O)CCCN1CCCC(CN2CCCCC2C)C1. The van der Waals surface area contributed by atoms with Crippen LogP contribution < -0.4 is 0 Å². The van der Waals surface area contributed by atoms with E-state index in [9.17, 15) is 4.79 Å². The molecule has 2 unspecified atom stereocenters. The summed E-state index contributed by atoms with van der Waals surface area (Å²) in [7, 11) is 0. The first-order valence-electron chi connectivity index (χ1n) is 9.31. The molecule has 4 heteroatoms. The molecular formula is C18H34N2O2. The van der Waals surface area contributed by atoms with E-state index in [0.29, 0.717) is 13.0 Å². The molecule has 2 heterocycles. The lowest BCUT2D eigenvalue weighted by Crippen LogP contribution is -2.45. The molecular weight excluding hydrogens is 276 g/mol. The number of carbonyl (C=O) groups excluding carboxylic acids is 1. The van der Waals surface area contributed by atoms with Crippen molar-refractivity contribution in [2.45, 2.75) is 64.8 Å². The minimum Gasteiger partial charge on any atom is -0.466 e. The fraction of sp³-hybridized carbons (Fsp3) is 0.944. The average Bonchev–Trinajstić information content (AvgIpc) is 2.50. The second-order valence-corrected chi connectivity index (χ2v) is 7.06. The summed E-state index contributed by atoms with van der Waals surface area (Å²) in [5.41, 5.74) is 0. The van der Waals surface area contributed by atoms with Gasteiger partial charge in [-0.15, -0.1) is 0 Å². The van der Waals surface area contributed by atoms with Gasteiger partial charge < -0.3 is 14.5 Å². The number of hydrogen-bond acceptors (Lipinski definition) is 4. The maximum absolute atomic E-state index is 11.4. The van der Waals surface area contributed by atoms with Crippen LogP contribution in [0.5, 0.6) is 0 Å². The predicted octanol–water partition coefficient (Wildman–Crippen LogP) is 2.92. The van der Waals surface area contributed by atoms with Gasteiger partial charge >= 0.3 is 5.97 Å². The molecule has 0 amide bonds. The summed E-state index contributed by atoms with van der Waals surface area (Å²) in [5, 5.41) is 0. The first kappa shape index (κ1) is 17.7. The van der Waals surface area contributed by atoms with Crippen LogP contribution in [0.25, 0.3) is 0 Å². The van der Waals surface area contributed by atoms with Gasteiger partial charge in [0.05, 0.1) is 6.61 Å². The van der Waals surface area contributed by atoms with Crippen LogP contribution in [0, 0.1) is 5.92 Å². The van der Waals surface area contributed by atoms with Gasteiger partial charge in [-0.3, -0.25) is 4.79 Å². The van der Waals surface area contributed by atoms with Gasteiger partial charge in [-0.05, 0) is 71.5 Å². The Morgan fingerprint density at radius 1 is 1.18 bits per heavy atom. The van der Waals surface area contributed by atoms with Gasteiger partial charge in [0, 0.05) is 25.6 Å². The van der Waals surface area contributed by atoms with Gasteiger partial charge in [0.1, 0.15) is 0 Å². The van der Waals surface area contributed by atoms with Crippen molar-refractivity contribution in [3.63, 3.8) is 0 Å². The van der Waals surface area contributed by atoms with E-state index in [-0.39, 0.29) is 5.97 Å². The number of piperidine rings is 2. The summed E-state index contributed by atoms with van der Waals surface area (Å²) >= 11 is 0. The van der Waals surface area contributed by atoms with E-state index >= 15 is 0 Å². The van der Waals surface area contributed by atoms with Crippen LogP contribution in [0.1, 0.15) is 58.8 Å². The average molecular weight is 310 g/mol. The monoisotopic (exact) mass is 310 g/mol. The van der Waals surface area contributed by atoms with Crippen molar-refractivity contribution in [1.29, 1.82) is 0 Å². The lowest BCUT2D eigenvalue weighted by molar-refractivity contribution is -0.143. The Balaban J connectivity index is 1.66. The molecule has 0 aromatic rings. The molecule has 2 atom stereocenters. The molecule has 0 N–H and O–H groups in total. The van der Waals surface area contributed by atoms with Crippen molar-refractivity contribution in [3.8, 4) is 0 Å². The van der Waals surface area contributed by atoms with Gasteiger partial charge in [0.25, 0.3) is 0 Å². The molecule has 0 aromatic heterocycles. The molecule has 2 fully saturated rings. The molecule has 0 spiro atoms. The molecule has 0 saturated carbocycles. The van der Waals surface area contributed by atoms with Crippen LogP contribution >= 0.6 is 0 Å². The molecule has 2 saturated heterocycles. The topological polar surface area (TPSA) is 32.8 Å². The van der Waals surface area contributed by atoms with E-state index in [1.54, 1.807) is 0 Å². The summed E-state index contributed by atoms with van der Waals surface area (Å²) in [6.45, 7) is 10.8. The zero-order chi connectivity index (χ0) is 15.8. The third-order valence-corrected chi connectivity index (χ3v) is 5.20. The van der Waals surface area contributed by atoms with Crippen LogP contribution in [0.15, 0.2) is 0 Å². The molecule has 0 aliphatic carbocycles. The van der Waals surface area contributed by atoms with E-state index in [4.69, 9.17) is 4.74 Å². The van der Waals surface area contributed by atoms with E-state index in [1.165, 1.54) is 58.3 Å².